The molecule has 2 N–H and O–H groups in total. The topological polar surface area (TPSA) is 78.9 Å². The van der Waals surface area contributed by atoms with Gasteiger partial charge in [0, 0.05) is 26.1 Å². The van der Waals surface area contributed by atoms with Gasteiger partial charge in [0.1, 0.15) is 5.75 Å². The van der Waals surface area contributed by atoms with Crippen LogP contribution in [0.1, 0.15) is 25.3 Å². The van der Waals surface area contributed by atoms with E-state index in [-0.39, 0.29) is 12.5 Å². The monoisotopic (exact) mass is 294 g/mol. The van der Waals surface area contributed by atoms with Crippen LogP contribution >= 0.6 is 0 Å². The number of nitrogens with one attached hydrogen (secondary N) is 1. The molecule has 2 amide bonds. The highest BCUT2D eigenvalue weighted by Crippen LogP contribution is 2.13. The van der Waals surface area contributed by atoms with Crippen LogP contribution in [0.25, 0.3) is 0 Å². The molecule has 0 saturated carbocycles. The van der Waals surface area contributed by atoms with Crippen molar-refractivity contribution in [2.45, 2.75) is 26.3 Å². The van der Waals surface area contributed by atoms with Gasteiger partial charge in [-0.15, -0.1) is 0 Å². The highest BCUT2D eigenvalue weighted by atomic mass is 16.5. The summed E-state index contributed by atoms with van der Waals surface area (Å²) >= 11 is 0. The molecule has 0 aliphatic heterocycles. The van der Waals surface area contributed by atoms with Crippen LogP contribution in [0.15, 0.2) is 24.3 Å². The van der Waals surface area contributed by atoms with Gasteiger partial charge >= 0.3 is 12.0 Å². The normalized spacial score (nSPS) is 10.0. The number of nitrogens with zero attached hydrogens (tertiary/aromatic N) is 1. The number of ether oxygens (including phenoxy) is 1. The number of urea groups is 1. The maximum atomic E-state index is 12.0. The molecule has 0 atom stereocenters. The van der Waals surface area contributed by atoms with Gasteiger partial charge in [-0.05, 0) is 31.0 Å². The van der Waals surface area contributed by atoms with Gasteiger partial charge in [-0.2, -0.15) is 0 Å². The van der Waals surface area contributed by atoms with E-state index in [1.807, 2.05) is 31.2 Å². The minimum atomic E-state index is -0.852. The Morgan fingerprint density at radius 3 is 2.48 bits per heavy atom. The van der Waals surface area contributed by atoms with Crippen molar-refractivity contribution in [1.82, 2.24) is 10.2 Å². The molecular weight excluding hydrogens is 272 g/mol. The van der Waals surface area contributed by atoms with Crippen LogP contribution in [0.2, 0.25) is 0 Å². The first-order valence-electron chi connectivity index (χ1n) is 6.94. The molecule has 116 valence electrons. The van der Waals surface area contributed by atoms with Crippen LogP contribution in [0.3, 0.4) is 0 Å². The zero-order valence-electron chi connectivity index (χ0n) is 12.5. The Morgan fingerprint density at radius 1 is 1.29 bits per heavy atom. The molecule has 1 aromatic rings. The second kappa shape index (κ2) is 8.84. The smallest absolute Gasteiger partial charge is 0.317 e. The predicted molar refractivity (Wildman–Crippen MR) is 79.3 cm³/mol. The number of rotatable bonds is 8. The average Bonchev–Trinajstić information content (AvgIpc) is 2.49. The van der Waals surface area contributed by atoms with E-state index in [9.17, 15) is 9.59 Å². The summed E-state index contributed by atoms with van der Waals surface area (Å²) in [6.45, 7) is 3.35. The third-order valence-electron chi connectivity index (χ3n) is 3.05. The molecule has 0 aliphatic rings. The summed E-state index contributed by atoms with van der Waals surface area (Å²) in [7, 11) is 1.61. The molecule has 0 fully saturated rings. The van der Waals surface area contributed by atoms with Crippen LogP contribution in [0.4, 0.5) is 4.79 Å². The summed E-state index contributed by atoms with van der Waals surface area (Å²) in [5.74, 6) is -0.0743. The van der Waals surface area contributed by atoms with E-state index in [2.05, 4.69) is 5.32 Å². The second-order valence-electron chi connectivity index (χ2n) is 4.59. The fraction of sp³-hybridized carbons (Fsp3) is 0.467. The van der Waals surface area contributed by atoms with Crippen molar-refractivity contribution in [2.24, 2.45) is 0 Å². The molecule has 0 heterocycles. The summed E-state index contributed by atoms with van der Waals surface area (Å²) in [6, 6.07) is 7.36. The molecule has 0 aromatic heterocycles. The summed E-state index contributed by atoms with van der Waals surface area (Å²) in [5, 5.41) is 11.3. The largest absolute Gasteiger partial charge is 0.497 e. The molecule has 21 heavy (non-hydrogen) atoms. The second-order valence-corrected chi connectivity index (χ2v) is 4.59. The molecule has 1 aromatic carbocycles. The molecule has 0 unspecified atom stereocenters. The predicted octanol–water partition coefficient (Wildman–Crippen LogP) is 2.09. The van der Waals surface area contributed by atoms with Crippen molar-refractivity contribution in [3.8, 4) is 5.75 Å². The summed E-state index contributed by atoms with van der Waals surface area (Å²) in [4.78, 5) is 24.1. The number of carbonyl (C=O) groups is 2. The first kappa shape index (κ1) is 16.8. The fourth-order valence-corrected chi connectivity index (χ4v) is 1.83. The zero-order valence-corrected chi connectivity index (χ0v) is 12.5. The zero-order chi connectivity index (χ0) is 15.7. The van der Waals surface area contributed by atoms with Gasteiger partial charge in [0.2, 0.25) is 0 Å². The van der Waals surface area contributed by atoms with Gasteiger partial charge in [0.15, 0.2) is 0 Å². The number of carboxylic acid groups (broad SMARTS) is 1. The number of amides is 2. The Balaban J connectivity index is 2.45. The number of benzene rings is 1. The molecule has 0 radical (unpaired) electrons. The van der Waals surface area contributed by atoms with E-state index >= 15 is 0 Å². The van der Waals surface area contributed by atoms with E-state index in [1.54, 1.807) is 12.0 Å². The quantitative estimate of drug-likeness (QED) is 0.720. The number of hydrogen-bond donors (Lipinski definition) is 2. The van der Waals surface area contributed by atoms with Crippen LogP contribution in [0.5, 0.6) is 5.75 Å². The number of carbonyl (C=O) groups excluding carboxylic acids is 1. The number of aliphatic carboxylic acids is 1. The van der Waals surface area contributed by atoms with Crippen LogP contribution < -0.4 is 10.1 Å². The minimum absolute atomic E-state index is 0.0604. The van der Waals surface area contributed by atoms with Crippen molar-refractivity contribution < 1.29 is 19.4 Å². The van der Waals surface area contributed by atoms with Crippen molar-refractivity contribution in [2.75, 3.05) is 20.2 Å². The first-order valence-corrected chi connectivity index (χ1v) is 6.94. The SMILES string of the molecule is CCN(Cc1ccc(OC)cc1)C(=O)NCCCC(=O)O. The summed E-state index contributed by atoms with van der Waals surface area (Å²) < 4.78 is 5.09. The van der Waals surface area contributed by atoms with Gasteiger partial charge < -0.3 is 20.1 Å². The highest BCUT2D eigenvalue weighted by molar-refractivity contribution is 5.74. The lowest BCUT2D eigenvalue weighted by Gasteiger charge is -2.21. The Bertz CT molecular complexity index is 459. The molecule has 1 rings (SSSR count). The van der Waals surface area contributed by atoms with E-state index in [0.717, 1.165) is 11.3 Å². The van der Waals surface area contributed by atoms with Crippen molar-refractivity contribution in [1.29, 1.82) is 0 Å². The third-order valence-corrected chi connectivity index (χ3v) is 3.05. The van der Waals surface area contributed by atoms with E-state index in [4.69, 9.17) is 9.84 Å². The molecule has 6 nitrogen and oxygen atoms in total. The van der Waals surface area contributed by atoms with Gasteiger partial charge in [0.25, 0.3) is 0 Å². The average molecular weight is 294 g/mol. The number of hydrogen-bond acceptors (Lipinski definition) is 3. The molecule has 0 saturated heterocycles. The lowest BCUT2D eigenvalue weighted by molar-refractivity contribution is -0.137. The Kier molecular flexibility index (Phi) is 7.08. The van der Waals surface area contributed by atoms with E-state index < -0.39 is 5.97 Å². The summed E-state index contributed by atoms with van der Waals surface area (Å²) in [6.07, 6.45) is 0.492. The Morgan fingerprint density at radius 2 is 1.95 bits per heavy atom. The van der Waals surface area contributed by atoms with Gasteiger partial charge in [0.05, 0.1) is 7.11 Å². The van der Waals surface area contributed by atoms with Crippen molar-refractivity contribution >= 4 is 12.0 Å². The Labute approximate surface area is 124 Å². The fourth-order valence-electron chi connectivity index (χ4n) is 1.83. The highest BCUT2D eigenvalue weighted by Gasteiger charge is 2.11. The van der Waals surface area contributed by atoms with Gasteiger partial charge in [-0.25, -0.2) is 4.79 Å². The third kappa shape index (κ3) is 6.16. The van der Waals surface area contributed by atoms with Crippen molar-refractivity contribution in [3.63, 3.8) is 0 Å². The minimum Gasteiger partial charge on any atom is -0.497 e. The molecular formula is C15H22N2O4. The van der Waals surface area contributed by atoms with Crippen molar-refractivity contribution in [3.05, 3.63) is 29.8 Å². The van der Waals surface area contributed by atoms with Gasteiger partial charge in [-0.3, -0.25) is 4.79 Å². The van der Waals surface area contributed by atoms with Gasteiger partial charge in [-0.1, -0.05) is 12.1 Å². The number of methoxy groups -OCH3 is 1. The molecule has 0 bridgehead atoms. The molecule has 0 spiro atoms. The lowest BCUT2D eigenvalue weighted by Crippen LogP contribution is -2.39. The van der Waals surface area contributed by atoms with E-state index in [1.165, 1.54) is 0 Å². The Hall–Kier alpha value is -2.24. The van der Waals surface area contributed by atoms with E-state index in [0.29, 0.717) is 26.1 Å². The lowest BCUT2D eigenvalue weighted by atomic mass is 10.2. The molecule has 0 aliphatic carbocycles. The van der Waals surface area contributed by atoms with Crippen LogP contribution in [-0.2, 0) is 11.3 Å². The molecule has 6 heteroatoms. The summed E-state index contributed by atoms with van der Waals surface area (Å²) in [5.41, 5.74) is 1.01. The maximum Gasteiger partial charge on any atom is 0.317 e. The number of carboxylic acids is 1. The van der Waals surface area contributed by atoms with Crippen LogP contribution in [-0.4, -0.2) is 42.2 Å². The standard InChI is InChI=1S/C15H22N2O4/c1-3-17(15(20)16-10-4-5-14(18)19)11-12-6-8-13(21-2)9-7-12/h6-9H,3-5,10-11H2,1-2H3,(H,16,20)(H,18,19). The van der Waals surface area contributed by atoms with Crippen LogP contribution in [0, 0.1) is 0 Å². The maximum absolute atomic E-state index is 12.0. The first-order chi connectivity index (χ1) is 10.1.